The summed E-state index contributed by atoms with van der Waals surface area (Å²) in [4.78, 5) is 11.0. The number of piperidine rings is 1. The number of carbonyl (C=O) groups is 1. The highest BCUT2D eigenvalue weighted by Gasteiger charge is 2.17. The SMILES string of the molecule is CCCCC1CC(=O)CCN1.Cl. The zero-order valence-corrected chi connectivity index (χ0v) is 8.45. The average Bonchev–Trinajstić information content (AvgIpc) is 2.01. The summed E-state index contributed by atoms with van der Waals surface area (Å²) >= 11 is 0. The smallest absolute Gasteiger partial charge is 0.135 e. The number of carbonyl (C=O) groups excluding carboxylic acids is 1. The predicted octanol–water partition coefficient (Wildman–Crippen LogP) is 1.92. The minimum absolute atomic E-state index is 0. The lowest BCUT2D eigenvalue weighted by Gasteiger charge is -2.22. The standard InChI is InChI=1S/C9H17NO.ClH/c1-2-3-4-8-7-9(11)5-6-10-8;/h8,10H,2-7H2,1H3;1H. The maximum Gasteiger partial charge on any atom is 0.135 e. The van der Waals surface area contributed by atoms with E-state index >= 15 is 0 Å². The highest BCUT2D eigenvalue weighted by molar-refractivity contribution is 5.85. The Morgan fingerprint density at radius 1 is 1.58 bits per heavy atom. The highest BCUT2D eigenvalue weighted by atomic mass is 35.5. The quantitative estimate of drug-likeness (QED) is 0.739. The van der Waals surface area contributed by atoms with Gasteiger partial charge in [0.15, 0.2) is 0 Å². The van der Waals surface area contributed by atoms with Gasteiger partial charge in [0.2, 0.25) is 0 Å². The zero-order chi connectivity index (χ0) is 8.10. The Balaban J connectivity index is 0.00000121. The second-order valence-electron chi connectivity index (χ2n) is 3.29. The molecule has 1 saturated heterocycles. The van der Waals surface area contributed by atoms with E-state index in [0.717, 1.165) is 19.4 Å². The first-order valence-electron chi connectivity index (χ1n) is 4.58. The van der Waals surface area contributed by atoms with Gasteiger partial charge in [-0.2, -0.15) is 0 Å². The molecule has 2 nitrogen and oxygen atoms in total. The normalized spacial score (nSPS) is 23.4. The predicted molar refractivity (Wildman–Crippen MR) is 52.8 cm³/mol. The first-order chi connectivity index (χ1) is 5.33. The van der Waals surface area contributed by atoms with Gasteiger partial charge in [-0.05, 0) is 6.42 Å². The van der Waals surface area contributed by atoms with E-state index in [1.807, 2.05) is 0 Å². The van der Waals surface area contributed by atoms with Gasteiger partial charge in [0, 0.05) is 25.4 Å². The van der Waals surface area contributed by atoms with E-state index in [0.29, 0.717) is 11.8 Å². The van der Waals surface area contributed by atoms with Gasteiger partial charge in [-0.15, -0.1) is 12.4 Å². The van der Waals surface area contributed by atoms with Gasteiger partial charge in [0.25, 0.3) is 0 Å². The fourth-order valence-electron chi connectivity index (χ4n) is 1.52. The van der Waals surface area contributed by atoms with Gasteiger partial charge < -0.3 is 5.32 Å². The minimum atomic E-state index is 0. The Bertz CT molecular complexity index is 138. The summed E-state index contributed by atoms with van der Waals surface area (Å²) in [6.07, 6.45) is 5.14. The topological polar surface area (TPSA) is 29.1 Å². The average molecular weight is 192 g/mol. The van der Waals surface area contributed by atoms with Gasteiger partial charge in [-0.25, -0.2) is 0 Å². The van der Waals surface area contributed by atoms with Gasteiger partial charge in [0.05, 0.1) is 0 Å². The molecule has 0 aromatic heterocycles. The summed E-state index contributed by atoms with van der Waals surface area (Å²) in [5.74, 6) is 0.435. The third-order valence-electron chi connectivity index (χ3n) is 2.22. The van der Waals surface area contributed by atoms with Crippen molar-refractivity contribution in [2.45, 2.75) is 45.1 Å². The van der Waals surface area contributed by atoms with Crippen LogP contribution < -0.4 is 5.32 Å². The van der Waals surface area contributed by atoms with Gasteiger partial charge in [-0.1, -0.05) is 19.8 Å². The number of unbranched alkanes of at least 4 members (excludes halogenated alkanes) is 1. The molecule has 0 saturated carbocycles. The maximum absolute atomic E-state index is 11.0. The van der Waals surface area contributed by atoms with Gasteiger partial charge in [0.1, 0.15) is 5.78 Å². The van der Waals surface area contributed by atoms with Crippen molar-refractivity contribution in [1.82, 2.24) is 5.32 Å². The molecule has 12 heavy (non-hydrogen) atoms. The number of ketones is 1. The molecule has 1 rings (SSSR count). The Kier molecular flexibility index (Phi) is 6.39. The molecule has 0 aliphatic carbocycles. The van der Waals surface area contributed by atoms with Crippen LogP contribution in [-0.4, -0.2) is 18.4 Å². The van der Waals surface area contributed by atoms with Crippen LogP contribution in [0.5, 0.6) is 0 Å². The molecule has 0 amide bonds. The van der Waals surface area contributed by atoms with Crippen molar-refractivity contribution in [1.29, 1.82) is 0 Å². The van der Waals surface area contributed by atoms with Crippen molar-refractivity contribution in [2.24, 2.45) is 0 Å². The molecule has 1 unspecified atom stereocenters. The van der Waals surface area contributed by atoms with Crippen molar-refractivity contribution in [3.8, 4) is 0 Å². The number of nitrogens with one attached hydrogen (secondary N) is 1. The highest BCUT2D eigenvalue weighted by Crippen LogP contribution is 2.09. The molecule has 0 bridgehead atoms. The van der Waals surface area contributed by atoms with E-state index in [2.05, 4.69) is 12.2 Å². The fourth-order valence-corrected chi connectivity index (χ4v) is 1.52. The molecule has 1 atom stereocenters. The van der Waals surface area contributed by atoms with Crippen molar-refractivity contribution in [2.75, 3.05) is 6.54 Å². The third kappa shape index (κ3) is 4.07. The molecule has 1 heterocycles. The van der Waals surface area contributed by atoms with Crippen LogP contribution in [-0.2, 0) is 4.79 Å². The molecular weight excluding hydrogens is 174 g/mol. The van der Waals surface area contributed by atoms with Crippen LogP contribution in [0.15, 0.2) is 0 Å². The van der Waals surface area contributed by atoms with E-state index in [-0.39, 0.29) is 12.4 Å². The molecule has 3 heteroatoms. The minimum Gasteiger partial charge on any atom is -0.313 e. The molecule has 1 aliphatic rings. The molecule has 1 fully saturated rings. The van der Waals surface area contributed by atoms with E-state index in [4.69, 9.17) is 0 Å². The summed E-state index contributed by atoms with van der Waals surface area (Å²) < 4.78 is 0. The summed E-state index contributed by atoms with van der Waals surface area (Å²) in [7, 11) is 0. The fraction of sp³-hybridized carbons (Fsp3) is 0.889. The van der Waals surface area contributed by atoms with Crippen LogP contribution in [0.25, 0.3) is 0 Å². The number of Topliss-reactive ketones (excluding diaryl/α,β-unsaturated/α-hetero) is 1. The summed E-state index contributed by atoms with van der Waals surface area (Å²) in [5.41, 5.74) is 0. The second kappa shape index (κ2) is 6.44. The Morgan fingerprint density at radius 2 is 2.33 bits per heavy atom. The summed E-state index contributed by atoms with van der Waals surface area (Å²) in [6, 6.07) is 0.483. The van der Waals surface area contributed by atoms with Crippen molar-refractivity contribution in [3.63, 3.8) is 0 Å². The summed E-state index contributed by atoms with van der Waals surface area (Å²) in [6.45, 7) is 3.08. The van der Waals surface area contributed by atoms with Gasteiger partial charge >= 0.3 is 0 Å². The van der Waals surface area contributed by atoms with Crippen molar-refractivity contribution >= 4 is 18.2 Å². The molecule has 0 spiro atoms. The van der Waals surface area contributed by atoms with Crippen LogP contribution >= 0.6 is 12.4 Å². The Morgan fingerprint density at radius 3 is 2.92 bits per heavy atom. The first-order valence-corrected chi connectivity index (χ1v) is 4.58. The van der Waals surface area contributed by atoms with E-state index in [1.165, 1.54) is 19.3 Å². The number of hydrogen-bond acceptors (Lipinski definition) is 2. The molecule has 0 aromatic carbocycles. The molecule has 72 valence electrons. The van der Waals surface area contributed by atoms with E-state index in [9.17, 15) is 4.79 Å². The lowest BCUT2D eigenvalue weighted by molar-refractivity contribution is -0.120. The van der Waals surface area contributed by atoms with Crippen LogP contribution in [0, 0.1) is 0 Å². The molecule has 1 aliphatic heterocycles. The summed E-state index contributed by atoms with van der Waals surface area (Å²) in [5, 5.41) is 3.36. The maximum atomic E-state index is 11.0. The Labute approximate surface area is 80.5 Å². The first kappa shape index (κ1) is 11.9. The lowest BCUT2D eigenvalue weighted by atomic mass is 9.99. The second-order valence-corrected chi connectivity index (χ2v) is 3.29. The lowest BCUT2D eigenvalue weighted by Crippen LogP contribution is -2.38. The molecule has 0 aromatic rings. The van der Waals surface area contributed by atoms with Crippen molar-refractivity contribution < 1.29 is 4.79 Å². The van der Waals surface area contributed by atoms with Crippen molar-refractivity contribution in [3.05, 3.63) is 0 Å². The largest absolute Gasteiger partial charge is 0.313 e. The van der Waals surface area contributed by atoms with Crippen LogP contribution in [0.4, 0.5) is 0 Å². The van der Waals surface area contributed by atoms with Crippen LogP contribution in [0.2, 0.25) is 0 Å². The van der Waals surface area contributed by atoms with Gasteiger partial charge in [-0.3, -0.25) is 4.79 Å². The number of rotatable bonds is 3. The number of hydrogen-bond donors (Lipinski definition) is 1. The van der Waals surface area contributed by atoms with Crippen LogP contribution in [0.3, 0.4) is 0 Å². The Hall–Kier alpha value is -0.0800. The monoisotopic (exact) mass is 191 g/mol. The zero-order valence-electron chi connectivity index (χ0n) is 7.64. The van der Waals surface area contributed by atoms with E-state index in [1.54, 1.807) is 0 Å². The van der Waals surface area contributed by atoms with Crippen LogP contribution in [0.1, 0.15) is 39.0 Å². The molecule has 1 N–H and O–H groups in total. The molecular formula is C9H18ClNO. The number of halogens is 1. The van der Waals surface area contributed by atoms with E-state index < -0.39 is 0 Å². The molecule has 0 radical (unpaired) electrons. The third-order valence-corrected chi connectivity index (χ3v) is 2.22.